The minimum atomic E-state index is 0.493. The second-order valence-electron chi connectivity index (χ2n) is 8.79. The molecule has 18 heavy (non-hydrogen) atoms. The zero-order chi connectivity index (χ0) is 13.6. The highest BCUT2D eigenvalue weighted by Crippen LogP contribution is 2.77. The monoisotopic (exact) mass is 248 g/mol. The molecule has 1 aliphatic carbocycles. The highest BCUT2D eigenvalue weighted by molar-refractivity contribution is 6.59. The average molecular weight is 248 g/mol. The molecule has 1 aliphatic heterocycles. The van der Waals surface area contributed by atoms with Crippen LogP contribution in [0.15, 0.2) is 0 Å². The van der Waals surface area contributed by atoms with E-state index >= 15 is 0 Å². The van der Waals surface area contributed by atoms with Gasteiger partial charge in [-0.3, -0.25) is 0 Å². The molecule has 1 saturated carbocycles. The maximum Gasteiger partial charge on any atom is 0.134 e. The van der Waals surface area contributed by atoms with Crippen LogP contribution in [0.25, 0.3) is 0 Å². The Morgan fingerprint density at radius 2 is 1.83 bits per heavy atom. The van der Waals surface area contributed by atoms with Crippen molar-refractivity contribution in [3.8, 4) is 0 Å². The van der Waals surface area contributed by atoms with E-state index in [1.807, 2.05) is 0 Å². The molecule has 0 nitrogen and oxygen atoms in total. The average Bonchev–Trinajstić information content (AvgIpc) is 2.64. The molecule has 0 N–H and O–H groups in total. The van der Waals surface area contributed by atoms with Crippen LogP contribution in [0, 0.1) is 17.3 Å². The van der Waals surface area contributed by atoms with E-state index < -0.39 is 0 Å². The van der Waals surface area contributed by atoms with E-state index in [1.54, 1.807) is 0 Å². The molecule has 0 bridgehead atoms. The second kappa shape index (κ2) is 4.56. The lowest BCUT2D eigenvalue weighted by Gasteiger charge is -2.37. The van der Waals surface area contributed by atoms with Gasteiger partial charge >= 0.3 is 0 Å². The number of hydrogen-bond acceptors (Lipinski definition) is 0. The third-order valence-electron chi connectivity index (χ3n) is 6.78. The highest BCUT2D eigenvalue weighted by Gasteiger charge is 2.65. The van der Waals surface area contributed by atoms with Gasteiger partial charge in [-0.2, -0.15) is 0 Å². The Morgan fingerprint density at radius 3 is 2.22 bits per heavy atom. The van der Waals surface area contributed by atoms with Gasteiger partial charge in [0.05, 0.1) is 0 Å². The summed E-state index contributed by atoms with van der Waals surface area (Å²) < 4.78 is 0. The van der Waals surface area contributed by atoms with Crippen LogP contribution in [-0.4, -0.2) is 7.28 Å². The molecule has 0 aromatic rings. The van der Waals surface area contributed by atoms with Gasteiger partial charge in [-0.25, -0.2) is 0 Å². The first kappa shape index (κ1) is 14.5. The van der Waals surface area contributed by atoms with Crippen molar-refractivity contribution in [1.82, 2.24) is 0 Å². The summed E-state index contributed by atoms with van der Waals surface area (Å²) in [6.45, 7) is 14.8. The summed E-state index contributed by atoms with van der Waals surface area (Å²) >= 11 is 0. The Bertz CT molecular complexity index is 299. The molecule has 1 saturated heterocycles. The molecule has 2 aliphatic rings. The lowest BCUT2D eigenvalue weighted by molar-refractivity contribution is 0.192. The van der Waals surface area contributed by atoms with Crippen LogP contribution in [0.5, 0.6) is 0 Å². The fraction of sp³-hybridized carbons (Fsp3) is 1.00. The molecule has 3 unspecified atom stereocenters. The zero-order valence-corrected chi connectivity index (χ0v) is 13.6. The third-order valence-corrected chi connectivity index (χ3v) is 6.78. The summed E-state index contributed by atoms with van der Waals surface area (Å²) in [5, 5.41) is 1.39. The molecule has 0 amide bonds. The van der Waals surface area contributed by atoms with Gasteiger partial charge in [0.15, 0.2) is 0 Å². The van der Waals surface area contributed by atoms with E-state index in [2.05, 4.69) is 41.5 Å². The van der Waals surface area contributed by atoms with E-state index in [1.165, 1.54) is 45.8 Å². The van der Waals surface area contributed by atoms with Gasteiger partial charge in [0.1, 0.15) is 7.28 Å². The van der Waals surface area contributed by atoms with E-state index in [9.17, 15) is 0 Å². The smallest absolute Gasteiger partial charge is 0.0667 e. The summed E-state index contributed by atoms with van der Waals surface area (Å²) in [5.41, 5.74) is 0.493. The van der Waals surface area contributed by atoms with Gasteiger partial charge < -0.3 is 0 Å². The third kappa shape index (κ3) is 2.39. The first-order valence-corrected chi connectivity index (χ1v) is 8.23. The molecule has 2 fully saturated rings. The maximum atomic E-state index is 2.58. The SMILES string of the molecule is CCC(CCC1(C)BC1(C)C1CCC1)C(C)(C)C. The van der Waals surface area contributed by atoms with Crippen LogP contribution < -0.4 is 0 Å². The summed E-state index contributed by atoms with van der Waals surface area (Å²) in [6.07, 6.45) is 8.79. The maximum absolute atomic E-state index is 2.58. The molecule has 3 atom stereocenters. The number of hydrogen-bond donors (Lipinski definition) is 0. The molecule has 0 spiro atoms. The van der Waals surface area contributed by atoms with Crippen LogP contribution in [0.3, 0.4) is 0 Å². The molecule has 1 heterocycles. The lowest BCUT2D eigenvalue weighted by Crippen LogP contribution is -2.22. The molecule has 0 radical (unpaired) electrons. The van der Waals surface area contributed by atoms with Gasteiger partial charge in [-0.1, -0.05) is 90.7 Å². The molecule has 1 heteroatoms. The fourth-order valence-electron chi connectivity index (χ4n) is 4.57. The van der Waals surface area contributed by atoms with Gasteiger partial charge in [-0.15, -0.1) is 0 Å². The Hall–Kier alpha value is 0.0649. The van der Waals surface area contributed by atoms with Crippen LogP contribution in [0.4, 0.5) is 0 Å². The van der Waals surface area contributed by atoms with Crippen molar-refractivity contribution in [3.63, 3.8) is 0 Å². The summed E-state index contributed by atoms with van der Waals surface area (Å²) in [5.74, 6) is 1.97. The van der Waals surface area contributed by atoms with Crippen molar-refractivity contribution < 1.29 is 0 Å². The van der Waals surface area contributed by atoms with Crippen LogP contribution in [-0.2, 0) is 0 Å². The quantitative estimate of drug-likeness (QED) is 0.568. The summed E-state index contributed by atoms with van der Waals surface area (Å²) in [4.78, 5) is 0. The number of rotatable bonds is 5. The largest absolute Gasteiger partial charge is 0.134 e. The topological polar surface area (TPSA) is 0 Å². The first-order valence-electron chi connectivity index (χ1n) is 8.23. The van der Waals surface area contributed by atoms with Gasteiger partial charge in [0.2, 0.25) is 0 Å². The highest BCUT2D eigenvalue weighted by atomic mass is 14.6. The summed E-state index contributed by atoms with van der Waals surface area (Å²) in [7, 11) is 1.51. The standard InChI is InChI=1S/C17H33B/c1-7-13(15(2,3)4)11-12-16(5)17(6,18-16)14-9-8-10-14/h13-14,18H,7-12H2,1-6H3. The van der Waals surface area contributed by atoms with Crippen molar-refractivity contribution in [2.24, 2.45) is 17.3 Å². The van der Waals surface area contributed by atoms with E-state index in [4.69, 9.17) is 0 Å². The Balaban J connectivity index is 1.87. The lowest BCUT2D eigenvalue weighted by atomic mass is 9.67. The van der Waals surface area contributed by atoms with Crippen molar-refractivity contribution in [3.05, 3.63) is 0 Å². The molecule has 104 valence electrons. The van der Waals surface area contributed by atoms with Crippen molar-refractivity contribution in [1.29, 1.82) is 0 Å². The molecular formula is C17H33B. The predicted molar refractivity (Wildman–Crippen MR) is 83.7 cm³/mol. The van der Waals surface area contributed by atoms with Crippen molar-refractivity contribution in [2.75, 3.05) is 0 Å². The van der Waals surface area contributed by atoms with E-state index in [0.717, 1.165) is 11.8 Å². The van der Waals surface area contributed by atoms with Gasteiger partial charge in [0.25, 0.3) is 0 Å². The van der Waals surface area contributed by atoms with Gasteiger partial charge in [0, 0.05) is 0 Å². The van der Waals surface area contributed by atoms with Gasteiger partial charge in [-0.05, 0) is 17.3 Å². The first-order chi connectivity index (χ1) is 8.23. The Morgan fingerprint density at radius 1 is 1.22 bits per heavy atom. The van der Waals surface area contributed by atoms with E-state index in [0.29, 0.717) is 16.0 Å². The van der Waals surface area contributed by atoms with Crippen molar-refractivity contribution >= 4 is 7.28 Å². The fourth-order valence-corrected chi connectivity index (χ4v) is 4.57. The Labute approximate surface area is 116 Å². The van der Waals surface area contributed by atoms with E-state index in [-0.39, 0.29) is 0 Å². The molecule has 2 rings (SSSR count). The molecule has 0 aromatic carbocycles. The molecular weight excluding hydrogens is 215 g/mol. The minimum Gasteiger partial charge on any atom is -0.0667 e. The van der Waals surface area contributed by atoms with Crippen LogP contribution in [0.2, 0.25) is 10.6 Å². The molecule has 0 aromatic heterocycles. The van der Waals surface area contributed by atoms with Crippen LogP contribution in [0.1, 0.15) is 80.1 Å². The summed E-state index contributed by atoms with van der Waals surface area (Å²) in [6, 6.07) is 0. The normalized spacial score (nSPS) is 37.9. The predicted octanol–water partition coefficient (Wildman–Crippen LogP) is 5.45. The second-order valence-corrected chi connectivity index (χ2v) is 8.79. The van der Waals surface area contributed by atoms with Crippen LogP contribution >= 0.6 is 0 Å². The Kier molecular flexibility index (Phi) is 3.67. The van der Waals surface area contributed by atoms with Crippen molar-refractivity contribution in [2.45, 2.75) is 90.7 Å². The zero-order valence-electron chi connectivity index (χ0n) is 13.6. The minimum absolute atomic E-state index is 0.493.